The predicted octanol–water partition coefficient (Wildman–Crippen LogP) is -0.987. The molecule has 13 heteroatoms. The van der Waals surface area contributed by atoms with Crippen LogP contribution in [0.25, 0.3) is 0 Å². The van der Waals surface area contributed by atoms with E-state index in [9.17, 15) is 13.9 Å². The van der Waals surface area contributed by atoms with Crippen LogP contribution in [0.4, 0.5) is 4.79 Å². The van der Waals surface area contributed by atoms with Crippen molar-refractivity contribution in [3.8, 4) is 0 Å². The van der Waals surface area contributed by atoms with Crippen LogP contribution in [-0.2, 0) is 18.2 Å². The first-order chi connectivity index (χ1) is 5.10. The molecular weight excluding hydrogens is 393 g/mol. The monoisotopic (exact) mass is 402 g/mol. The number of carbonyl (C=O) groups excluding carboxylic acids is 1. The zero-order valence-corrected chi connectivity index (χ0v) is 15.4. The summed E-state index contributed by atoms with van der Waals surface area (Å²) in [6.45, 7) is 0. The third-order valence-electron chi connectivity index (χ3n) is 0.387. The summed E-state index contributed by atoms with van der Waals surface area (Å²) in [7, 11) is -10.3. The fraction of sp³-hybridized carbons (Fsp3) is 0. The average Bonchev–Trinajstić information content (AvgIpc) is 1.49. The van der Waals surface area contributed by atoms with E-state index in [1.54, 1.807) is 0 Å². The summed E-state index contributed by atoms with van der Waals surface area (Å²) in [6.07, 6.45) is -2.14. The smallest absolute Gasteiger partial charge is 1.00 e. The van der Waals surface area contributed by atoms with Gasteiger partial charge in [-0.2, -0.15) is 0 Å². The van der Waals surface area contributed by atoms with Crippen LogP contribution in [0.1, 0.15) is 5.71 Å². The molecule has 0 aromatic heterocycles. The van der Waals surface area contributed by atoms with Crippen molar-refractivity contribution in [3.05, 3.63) is 0 Å². The number of hydrogen-bond donors (Lipinski definition) is 4. The standard InChI is InChI=1S/CH4O9P2.2Sr.4H/c2-1(9-11(3,4)5)10-12(6,7)8;;;;;;/h(H2,3,4,5)(H2,6,7,8);;;;;;/q;2*+2;4*-1. The van der Waals surface area contributed by atoms with E-state index < -0.39 is 21.8 Å². The molecule has 0 aromatic carbocycles. The van der Waals surface area contributed by atoms with E-state index in [1.165, 1.54) is 0 Å². The van der Waals surface area contributed by atoms with Gasteiger partial charge in [0.05, 0.1) is 0 Å². The zero-order valence-electron chi connectivity index (χ0n) is 10.6. The molecule has 4 N–H and O–H groups in total. The van der Waals surface area contributed by atoms with Crippen molar-refractivity contribution in [3.63, 3.8) is 0 Å². The van der Waals surface area contributed by atoms with Crippen molar-refractivity contribution in [2.75, 3.05) is 0 Å². The van der Waals surface area contributed by atoms with E-state index in [4.69, 9.17) is 19.6 Å². The topological polar surface area (TPSA) is 151 Å². The second-order valence-electron chi connectivity index (χ2n) is 1.41. The molecule has 0 unspecified atom stereocenters. The van der Waals surface area contributed by atoms with Gasteiger partial charge in [-0.25, -0.2) is 13.9 Å². The molecule has 0 saturated carbocycles. The first-order valence-corrected chi connectivity index (χ1v) is 5.20. The molecule has 0 fully saturated rings. The zero-order chi connectivity index (χ0) is 9.99. The van der Waals surface area contributed by atoms with Crippen molar-refractivity contribution in [1.82, 2.24) is 0 Å². The molecule has 0 spiro atoms. The van der Waals surface area contributed by atoms with Gasteiger partial charge in [0.2, 0.25) is 0 Å². The first kappa shape index (κ1) is 21.8. The number of hydrogen-bond acceptors (Lipinski definition) is 5. The van der Waals surface area contributed by atoms with Crippen molar-refractivity contribution in [2.24, 2.45) is 0 Å². The van der Waals surface area contributed by atoms with Gasteiger partial charge in [-0.3, -0.25) is 19.6 Å². The minimum Gasteiger partial charge on any atom is -1.00 e. The Kier molecular flexibility index (Phi) is 13.4. The molecule has 9 nitrogen and oxygen atoms in total. The fourth-order valence-electron chi connectivity index (χ4n) is 0.211. The minimum atomic E-state index is -5.13. The maximum absolute atomic E-state index is 10.0. The van der Waals surface area contributed by atoms with Crippen LogP contribution >= 0.6 is 15.6 Å². The first-order valence-electron chi connectivity index (χ1n) is 2.14. The van der Waals surface area contributed by atoms with Gasteiger partial charge in [0.25, 0.3) is 0 Å². The minimum absolute atomic E-state index is 0. The molecule has 80 valence electrons. The Balaban J connectivity index is -0.0000000403. The molecule has 0 atom stereocenters. The van der Waals surface area contributed by atoms with Crippen molar-refractivity contribution >= 4 is 113 Å². The van der Waals surface area contributed by atoms with Crippen LogP contribution < -0.4 is 0 Å². The van der Waals surface area contributed by atoms with Gasteiger partial charge >= 0.3 is 113 Å². The van der Waals surface area contributed by atoms with Gasteiger partial charge in [-0.05, 0) is 0 Å². The normalized spacial score (nSPS) is 10.6. The van der Waals surface area contributed by atoms with Crippen LogP contribution in [0.5, 0.6) is 0 Å². The Hall–Kier alpha value is 2.53. The number of rotatable bonds is 2. The average molecular weight is 401 g/mol. The quantitative estimate of drug-likeness (QED) is 0.338. The summed E-state index contributed by atoms with van der Waals surface area (Å²) < 4.78 is 25.9. The Morgan fingerprint density at radius 3 is 1.29 bits per heavy atom. The van der Waals surface area contributed by atoms with Crippen LogP contribution in [0.15, 0.2) is 0 Å². The summed E-state index contributed by atoms with van der Waals surface area (Å²) in [5.74, 6) is 0. The third-order valence-corrected chi connectivity index (χ3v) is 1.16. The molecule has 0 bridgehead atoms. The Bertz CT molecular complexity index is 250. The fourth-order valence-corrected chi connectivity index (χ4v) is 0.733. The summed E-state index contributed by atoms with van der Waals surface area (Å²) >= 11 is 0. The molecule has 0 amide bonds. The summed E-state index contributed by atoms with van der Waals surface area (Å²) in [4.78, 5) is 41.7. The van der Waals surface area contributed by atoms with Crippen LogP contribution in [0, 0.1) is 0 Å². The number of carbonyl (C=O) groups is 1. The Morgan fingerprint density at radius 2 is 1.14 bits per heavy atom. The molecule has 0 radical (unpaired) electrons. The van der Waals surface area contributed by atoms with E-state index in [2.05, 4.69) is 9.05 Å². The maximum atomic E-state index is 10.0. The number of phosphoric ester groups is 2. The van der Waals surface area contributed by atoms with E-state index in [1.807, 2.05) is 0 Å². The van der Waals surface area contributed by atoms with Crippen LogP contribution in [0.3, 0.4) is 0 Å². The molecular formula is CH8O9P2Sr2. The summed E-state index contributed by atoms with van der Waals surface area (Å²) in [6, 6.07) is 0. The van der Waals surface area contributed by atoms with Crippen LogP contribution in [-0.4, -0.2) is 117 Å². The van der Waals surface area contributed by atoms with Gasteiger partial charge < -0.3 is 14.8 Å². The van der Waals surface area contributed by atoms with Gasteiger partial charge in [0, 0.05) is 0 Å². The van der Waals surface area contributed by atoms with Crippen LogP contribution in [0.2, 0.25) is 0 Å². The maximum Gasteiger partial charge on any atom is 2.00 e. The van der Waals surface area contributed by atoms with Gasteiger partial charge in [-0.1, -0.05) is 0 Å². The van der Waals surface area contributed by atoms with Crippen molar-refractivity contribution in [1.29, 1.82) is 0 Å². The molecule has 0 aliphatic heterocycles. The van der Waals surface area contributed by atoms with E-state index >= 15 is 0 Å². The summed E-state index contributed by atoms with van der Waals surface area (Å²) in [5, 5.41) is 0. The van der Waals surface area contributed by atoms with E-state index in [-0.39, 0.29) is 96.7 Å². The van der Waals surface area contributed by atoms with E-state index in [0.29, 0.717) is 0 Å². The second kappa shape index (κ2) is 8.60. The number of phosphoric acid groups is 2. The molecule has 0 rings (SSSR count). The molecule has 0 aliphatic rings. The summed E-state index contributed by atoms with van der Waals surface area (Å²) in [5.41, 5.74) is 0. The van der Waals surface area contributed by atoms with Gasteiger partial charge in [0.15, 0.2) is 0 Å². The van der Waals surface area contributed by atoms with Gasteiger partial charge in [-0.15, -0.1) is 0 Å². The largest absolute Gasteiger partial charge is 2.00 e. The predicted molar refractivity (Wildman–Crippen MR) is 47.6 cm³/mol. The van der Waals surface area contributed by atoms with E-state index in [0.717, 1.165) is 0 Å². The van der Waals surface area contributed by atoms with Gasteiger partial charge in [0.1, 0.15) is 0 Å². The SMILES string of the molecule is O=C(OP(=O)(O)O)OP(=O)(O)O.[H-].[H-].[H-].[H-].[Sr+2].[Sr+2]. The molecule has 0 saturated heterocycles. The Labute approximate surface area is 158 Å². The molecule has 0 heterocycles. The Morgan fingerprint density at radius 1 is 0.929 bits per heavy atom. The molecule has 14 heavy (non-hydrogen) atoms. The van der Waals surface area contributed by atoms with Crippen molar-refractivity contribution < 1.29 is 48.3 Å². The molecule has 0 aromatic rings. The molecule has 0 aliphatic carbocycles. The third kappa shape index (κ3) is 16.9. The second-order valence-corrected chi connectivity index (χ2v) is 3.74. The van der Waals surface area contributed by atoms with Crippen molar-refractivity contribution in [2.45, 2.75) is 0 Å².